The van der Waals surface area contributed by atoms with Gasteiger partial charge in [0.05, 0.1) is 16.8 Å². The standard InChI is InChI=1S/C18H16N6OS/c1-2-19-16-12-7-3-5-9-14(12)20-18(21-16)26-11-24-17(25)13-8-4-6-10-15(13)22-23-24/h3-10H,2,11H2,1H3,(H,19,20,21). The number of anilines is 1. The number of benzene rings is 2. The highest BCUT2D eigenvalue weighted by atomic mass is 32.2. The molecule has 0 fully saturated rings. The molecule has 0 bridgehead atoms. The number of nitrogens with zero attached hydrogens (tertiary/aromatic N) is 5. The molecule has 0 radical (unpaired) electrons. The Kier molecular flexibility index (Phi) is 4.49. The second-order valence-electron chi connectivity index (χ2n) is 5.59. The Labute approximate surface area is 153 Å². The quantitative estimate of drug-likeness (QED) is 0.430. The van der Waals surface area contributed by atoms with Crippen molar-refractivity contribution < 1.29 is 0 Å². The van der Waals surface area contributed by atoms with Crippen LogP contribution in [0.15, 0.2) is 58.5 Å². The summed E-state index contributed by atoms with van der Waals surface area (Å²) in [5, 5.41) is 13.5. The molecule has 4 aromatic rings. The van der Waals surface area contributed by atoms with Gasteiger partial charge < -0.3 is 5.32 Å². The SMILES string of the molecule is CCNc1nc(SCn2nnc3ccccc3c2=O)nc2ccccc12. The number of hydrogen-bond acceptors (Lipinski definition) is 7. The summed E-state index contributed by atoms with van der Waals surface area (Å²) in [5.74, 6) is 1.08. The number of nitrogens with one attached hydrogen (secondary N) is 1. The summed E-state index contributed by atoms with van der Waals surface area (Å²) in [6.07, 6.45) is 0. The average Bonchev–Trinajstić information content (AvgIpc) is 2.68. The Hall–Kier alpha value is -3.00. The van der Waals surface area contributed by atoms with Crippen molar-refractivity contribution in [2.45, 2.75) is 18.0 Å². The largest absolute Gasteiger partial charge is 0.370 e. The second kappa shape index (κ2) is 7.09. The van der Waals surface area contributed by atoms with Gasteiger partial charge in [0.25, 0.3) is 5.56 Å². The van der Waals surface area contributed by atoms with Crippen LogP contribution in [0.4, 0.5) is 5.82 Å². The fourth-order valence-electron chi connectivity index (χ4n) is 2.65. The Bertz CT molecular complexity index is 1140. The summed E-state index contributed by atoms with van der Waals surface area (Å²) in [6, 6.07) is 15.0. The van der Waals surface area contributed by atoms with Gasteiger partial charge in [-0.3, -0.25) is 4.79 Å². The molecule has 0 aliphatic carbocycles. The van der Waals surface area contributed by atoms with Crippen LogP contribution in [-0.2, 0) is 5.88 Å². The van der Waals surface area contributed by atoms with Crippen LogP contribution in [0.2, 0.25) is 0 Å². The van der Waals surface area contributed by atoms with Crippen molar-refractivity contribution in [1.29, 1.82) is 0 Å². The van der Waals surface area contributed by atoms with Crippen LogP contribution in [0.5, 0.6) is 0 Å². The van der Waals surface area contributed by atoms with Crippen molar-refractivity contribution in [3.8, 4) is 0 Å². The molecule has 130 valence electrons. The molecular weight excluding hydrogens is 348 g/mol. The molecule has 26 heavy (non-hydrogen) atoms. The zero-order valence-corrected chi connectivity index (χ0v) is 14.9. The summed E-state index contributed by atoms with van der Waals surface area (Å²) in [4.78, 5) is 21.7. The van der Waals surface area contributed by atoms with Crippen LogP contribution in [0.3, 0.4) is 0 Å². The van der Waals surface area contributed by atoms with E-state index in [1.807, 2.05) is 43.3 Å². The van der Waals surface area contributed by atoms with Gasteiger partial charge in [-0.1, -0.05) is 41.2 Å². The molecule has 0 unspecified atom stereocenters. The minimum atomic E-state index is -0.171. The van der Waals surface area contributed by atoms with Gasteiger partial charge in [-0.25, -0.2) is 9.97 Å². The first-order valence-electron chi connectivity index (χ1n) is 8.22. The zero-order chi connectivity index (χ0) is 17.9. The molecule has 2 heterocycles. The maximum Gasteiger partial charge on any atom is 0.278 e. The van der Waals surface area contributed by atoms with E-state index in [2.05, 4.69) is 25.6 Å². The van der Waals surface area contributed by atoms with E-state index in [4.69, 9.17) is 0 Å². The highest BCUT2D eigenvalue weighted by molar-refractivity contribution is 7.98. The zero-order valence-electron chi connectivity index (χ0n) is 14.1. The number of thioether (sulfide) groups is 1. The normalized spacial score (nSPS) is 11.1. The van der Waals surface area contributed by atoms with E-state index in [1.165, 1.54) is 16.4 Å². The maximum absolute atomic E-state index is 12.5. The van der Waals surface area contributed by atoms with Crippen molar-refractivity contribution >= 4 is 39.4 Å². The predicted molar refractivity (Wildman–Crippen MR) is 103 cm³/mol. The number of hydrogen-bond donors (Lipinski definition) is 1. The van der Waals surface area contributed by atoms with Gasteiger partial charge in [0.15, 0.2) is 5.16 Å². The lowest BCUT2D eigenvalue weighted by Crippen LogP contribution is -2.23. The number of para-hydroxylation sites is 1. The summed E-state index contributed by atoms with van der Waals surface area (Å²) in [7, 11) is 0. The van der Waals surface area contributed by atoms with Crippen molar-refractivity contribution in [2.75, 3.05) is 11.9 Å². The average molecular weight is 364 g/mol. The van der Waals surface area contributed by atoms with Crippen molar-refractivity contribution in [2.24, 2.45) is 0 Å². The van der Waals surface area contributed by atoms with Crippen LogP contribution in [0.1, 0.15) is 6.92 Å². The second-order valence-corrected chi connectivity index (χ2v) is 6.50. The van der Waals surface area contributed by atoms with E-state index >= 15 is 0 Å². The Morgan fingerprint density at radius 3 is 2.54 bits per heavy atom. The minimum Gasteiger partial charge on any atom is -0.370 e. The summed E-state index contributed by atoms with van der Waals surface area (Å²) in [5.41, 5.74) is 1.28. The van der Waals surface area contributed by atoms with Crippen molar-refractivity contribution in [1.82, 2.24) is 25.0 Å². The molecule has 0 aliphatic heterocycles. The topological polar surface area (TPSA) is 85.6 Å². The Morgan fingerprint density at radius 2 is 1.73 bits per heavy atom. The Morgan fingerprint density at radius 1 is 1.00 bits per heavy atom. The first-order chi connectivity index (χ1) is 12.8. The fraction of sp³-hybridized carbons (Fsp3) is 0.167. The van der Waals surface area contributed by atoms with E-state index in [0.717, 1.165) is 23.3 Å². The molecule has 0 amide bonds. The van der Waals surface area contributed by atoms with Crippen LogP contribution >= 0.6 is 11.8 Å². The summed E-state index contributed by atoms with van der Waals surface area (Å²) < 4.78 is 1.33. The number of fused-ring (bicyclic) bond motifs is 2. The van der Waals surface area contributed by atoms with Gasteiger partial charge in [-0.05, 0) is 31.2 Å². The third kappa shape index (κ3) is 3.11. The maximum atomic E-state index is 12.5. The monoisotopic (exact) mass is 364 g/mol. The molecule has 0 saturated heterocycles. The van der Waals surface area contributed by atoms with Crippen LogP contribution < -0.4 is 10.9 Å². The van der Waals surface area contributed by atoms with E-state index in [1.54, 1.807) is 12.1 Å². The first kappa shape index (κ1) is 16.5. The van der Waals surface area contributed by atoms with Gasteiger partial charge in [0.1, 0.15) is 11.3 Å². The molecule has 0 atom stereocenters. The lowest BCUT2D eigenvalue weighted by atomic mass is 10.2. The number of aromatic nitrogens is 5. The van der Waals surface area contributed by atoms with Gasteiger partial charge in [-0.2, -0.15) is 4.68 Å². The summed E-state index contributed by atoms with van der Waals surface area (Å²) >= 11 is 1.35. The molecule has 7 nitrogen and oxygen atoms in total. The minimum absolute atomic E-state index is 0.171. The Balaban J connectivity index is 1.66. The molecule has 0 aliphatic rings. The number of rotatable bonds is 5. The van der Waals surface area contributed by atoms with E-state index < -0.39 is 0 Å². The van der Waals surface area contributed by atoms with Gasteiger partial charge in [0.2, 0.25) is 0 Å². The van der Waals surface area contributed by atoms with Gasteiger partial charge in [-0.15, -0.1) is 5.10 Å². The molecule has 0 spiro atoms. The predicted octanol–water partition coefficient (Wildman–Crippen LogP) is 2.92. The van der Waals surface area contributed by atoms with Crippen molar-refractivity contribution in [3.63, 3.8) is 0 Å². The third-order valence-corrected chi connectivity index (χ3v) is 4.69. The summed E-state index contributed by atoms with van der Waals surface area (Å²) in [6.45, 7) is 2.79. The molecule has 2 aromatic carbocycles. The van der Waals surface area contributed by atoms with E-state index in [-0.39, 0.29) is 5.56 Å². The highest BCUT2D eigenvalue weighted by Crippen LogP contribution is 2.24. The molecule has 8 heteroatoms. The van der Waals surface area contributed by atoms with Crippen LogP contribution in [0.25, 0.3) is 21.8 Å². The smallest absolute Gasteiger partial charge is 0.278 e. The van der Waals surface area contributed by atoms with Crippen LogP contribution in [0, 0.1) is 0 Å². The van der Waals surface area contributed by atoms with Gasteiger partial charge in [0, 0.05) is 11.9 Å². The molecule has 0 saturated carbocycles. The molecule has 4 rings (SSSR count). The van der Waals surface area contributed by atoms with Gasteiger partial charge >= 0.3 is 0 Å². The van der Waals surface area contributed by atoms with Crippen LogP contribution in [-0.4, -0.2) is 31.5 Å². The first-order valence-corrected chi connectivity index (χ1v) is 9.21. The highest BCUT2D eigenvalue weighted by Gasteiger charge is 2.10. The van der Waals surface area contributed by atoms with E-state index in [0.29, 0.717) is 21.9 Å². The molecular formula is C18H16N6OS. The third-order valence-electron chi connectivity index (χ3n) is 3.87. The fourth-order valence-corrected chi connectivity index (χ4v) is 3.37. The molecule has 1 N–H and O–H groups in total. The van der Waals surface area contributed by atoms with E-state index in [9.17, 15) is 4.79 Å². The van der Waals surface area contributed by atoms with Crippen molar-refractivity contribution in [3.05, 3.63) is 58.9 Å². The lowest BCUT2D eigenvalue weighted by Gasteiger charge is -2.09. The lowest BCUT2D eigenvalue weighted by molar-refractivity contribution is 0.644. The molecule has 2 aromatic heterocycles.